The van der Waals surface area contributed by atoms with Crippen molar-refractivity contribution in [1.29, 1.82) is 0 Å². The second-order valence-electron chi connectivity index (χ2n) is 5.85. The number of benzene rings is 1. The predicted molar refractivity (Wildman–Crippen MR) is 89.2 cm³/mol. The number of carbonyl (C=O) groups is 1. The molecule has 0 aliphatic carbocycles. The van der Waals surface area contributed by atoms with Crippen LogP contribution >= 0.6 is 0 Å². The SMILES string of the molecule is COC(=O)c1ccc(OC[C@@H](O)CN2CCN(CCO)CC2)cc1. The van der Waals surface area contributed by atoms with Crippen LogP contribution in [0.1, 0.15) is 10.4 Å². The standard InChI is InChI=1S/C17H26N2O5/c1-23-17(22)14-2-4-16(5-3-14)24-13-15(21)12-19-8-6-18(7-9-19)10-11-20/h2-5,15,20-21H,6-13H2,1H3/t15-/m0/s1. The molecular formula is C17H26N2O5. The summed E-state index contributed by atoms with van der Waals surface area (Å²) in [6.45, 7) is 5.23. The Hall–Kier alpha value is -1.67. The Labute approximate surface area is 142 Å². The van der Waals surface area contributed by atoms with Gasteiger partial charge in [-0.15, -0.1) is 0 Å². The number of hydrogen-bond donors (Lipinski definition) is 2. The van der Waals surface area contributed by atoms with E-state index in [2.05, 4.69) is 14.5 Å². The maximum Gasteiger partial charge on any atom is 0.337 e. The van der Waals surface area contributed by atoms with Gasteiger partial charge in [0.25, 0.3) is 0 Å². The summed E-state index contributed by atoms with van der Waals surface area (Å²) in [5.74, 6) is 0.219. The summed E-state index contributed by atoms with van der Waals surface area (Å²) in [6, 6.07) is 6.64. The molecule has 0 unspecified atom stereocenters. The minimum Gasteiger partial charge on any atom is -0.491 e. The number of aliphatic hydroxyl groups excluding tert-OH is 2. The van der Waals surface area contributed by atoms with E-state index in [1.54, 1.807) is 24.3 Å². The van der Waals surface area contributed by atoms with Crippen LogP contribution in [0.25, 0.3) is 0 Å². The van der Waals surface area contributed by atoms with Crippen LogP contribution in [0.3, 0.4) is 0 Å². The van der Waals surface area contributed by atoms with Crippen LogP contribution in [0.15, 0.2) is 24.3 Å². The first-order chi connectivity index (χ1) is 11.6. The average molecular weight is 338 g/mol. The van der Waals surface area contributed by atoms with Crippen molar-refractivity contribution in [2.75, 3.05) is 59.6 Å². The van der Waals surface area contributed by atoms with Gasteiger partial charge in [-0.3, -0.25) is 9.80 Å². The summed E-state index contributed by atoms with van der Waals surface area (Å²) >= 11 is 0. The zero-order valence-corrected chi connectivity index (χ0v) is 14.1. The second kappa shape index (κ2) is 9.58. The molecule has 1 aliphatic rings. The lowest BCUT2D eigenvalue weighted by Gasteiger charge is -2.35. The third-order valence-electron chi connectivity index (χ3n) is 4.07. The van der Waals surface area contributed by atoms with Crippen LogP contribution in [-0.2, 0) is 4.74 Å². The van der Waals surface area contributed by atoms with Crippen LogP contribution in [0.4, 0.5) is 0 Å². The van der Waals surface area contributed by atoms with Crippen LogP contribution in [0.2, 0.25) is 0 Å². The number of carbonyl (C=O) groups excluding carboxylic acids is 1. The monoisotopic (exact) mass is 338 g/mol. The molecule has 2 rings (SSSR count). The van der Waals surface area contributed by atoms with Gasteiger partial charge in [0.05, 0.1) is 19.3 Å². The van der Waals surface area contributed by atoms with Crippen molar-refractivity contribution in [2.45, 2.75) is 6.10 Å². The quantitative estimate of drug-likeness (QED) is 0.637. The fourth-order valence-electron chi connectivity index (χ4n) is 2.69. The number of β-amino-alcohol motifs (C(OH)–C–C–N with tert-alkyl or cyclic N) is 2. The van der Waals surface area contributed by atoms with E-state index in [-0.39, 0.29) is 19.2 Å². The molecule has 7 nitrogen and oxygen atoms in total. The Morgan fingerprint density at radius 1 is 1.17 bits per heavy atom. The molecule has 1 saturated heterocycles. The van der Waals surface area contributed by atoms with Crippen LogP contribution < -0.4 is 4.74 Å². The Morgan fingerprint density at radius 3 is 2.38 bits per heavy atom. The molecule has 24 heavy (non-hydrogen) atoms. The maximum atomic E-state index is 11.4. The molecular weight excluding hydrogens is 312 g/mol. The Bertz CT molecular complexity index is 500. The van der Waals surface area contributed by atoms with E-state index in [9.17, 15) is 9.90 Å². The van der Waals surface area contributed by atoms with E-state index in [1.807, 2.05) is 0 Å². The molecule has 0 bridgehead atoms. The first-order valence-electron chi connectivity index (χ1n) is 8.17. The first kappa shape index (κ1) is 18.7. The number of nitrogens with zero attached hydrogens (tertiary/aromatic N) is 2. The molecule has 2 N–H and O–H groups in total. The molecule has 1 fully saturated rings. The number of piperazine rings is 1. The highest BCUT2D eigenvalue weighted by atomic mass is 16.5. The fourth-order valence-corrected chi connectivity index (χ4v) is 2.69. The van der Waals surface area contributed by atoms with E-state index in [4.69, 9.17) is 9.84 Å². The summed E-state index contributed by atoms with van der Waals surface area (Å²) in [6.07, 6.45) is -0.574. The van der Waals surface area contributed by atoms with Gasteiger partial charge in [-0.25, -0.2) is 4.79 Å². The minimum absolute atomic E-state index is 0.186. The lowest BCUT2D eigenvalue weighted by molar-refractivity contribution is 0.0428. The van der Waals surface area contributed by atoms with Gasteiger partial charge in [-0.05, 0) is 24.3 Å². The molecule has 0 saturated carbocycles. The molecule has 0 spiro atoms. The second-order valence-corrected chi connectivity index (χ2v) is 5.85. The molecule has 0 amide bonds. The molecule has 0 aromatic heterocycles. The van der Waals surface area contributed by atoms with E-state index in [1.165, 1.54) is 7.11 Å². The molecule has 1 atom stereocenters. The highest BCUT2D eigenvalue weighted by Gasteiger charge is 2.19. The van der Waals surface area contributed by atoms with E-state index in [0.29, 0.717) is 24.4 Å². The van der Waals surface area contributed by atoms with Crippen molar-refractivity contribution in [3.05, 3.63) is 29.8 Å². The molecule has 7 heteroatoms. The first-order valence-corrected chi connectivity index (χ1v) is 8.17. The highest BCUT2D eigenvalue weighted by Crippen LogP contribution is 2.13. The zero-order valence-electron chi connectivity index (χ0n) is 14.1. The molecule has 134 valence electrons. The average Bonchev–Trinajstić information content (AvgIpc) is 2.61. The van der Waals surface area contributed by atoms with Gasteiger partial charge >= 0.3 is 5.97 Å². The van der Waals surface area contributed by atoms with Gasteiger partial charge in [0, 0.05) is 39.3 Å². The van der Waals surface area contributed by atoms with Crippen LogP contribution in [0, 0.1) is 0 Å². The summed E-state index contributed by atoms with van der Waals surface area (Å²) in [5, 5.41) is 19.1. The fraction of sp³-hybridized carbons (Fsp3) is 0.588. The number of rotatable bonds is 8. The van der Waals surface area contributed by atoms with Crippen molar-refractivity contribution < 1.29 is 24.5 Å². The lowest BCUT2D eigenvalue weighted by atomic mass is 10.2. The summed E-state index contributed by atoms with van der Waals surface area (Å²) in [4.78, 5) is 15.8. The zero-order chi connectivity index (χ0) is 17.4. The number of methoxy groups -OCH3 is 1. The Kier molecular flexibility index (Phi) is 7.45. The van der Waals surface area contributed by atoms with Gasteiger partial charge < -0.3 is 19.7 Å². The Balaban J connectivity index is 1.69. The number of esters is 1. The van der Waals surface area contributed by atoms with Crippen molar-refractivity contribution in [3.63, 3.8) is 0 Å². The molecule has 1 aliphatic heterocycles. The number of hydrogen-bond acceptors (Lipinski definition) is 7. The molecule has 1 aromatic carbocycles. The van der Waals surface area contributed by atoms with Gasteiger partial charge in [0.2, 0.25) is 0 Å². The predicted octanol–water partition coefficient (Wildman–Crippen LogP) is -0.177. The third-order valence-corrected chi connectivity index (χ3v) is 4.07. The summed E-state index contributed by atoms with van der Waals surface area (Å²) < 4.78 is 10.2. The summed E-state index contributed by atoms with van der Waals surface area (Å²) in [7, 11) is 1.34. The largest absolute Gasteiger partial charge is 0.491 e. The van der Waals surface area contributed by atoms with Gasteiger partial charge in [-0.1, -0.05) is 0 Å². The van der Waals surface area contributed by atoms with E-state index >= 15 is 0 Å². The van der Waals surface area contributed by atoms with Crippen molar-refractivity contribution in [2.24, 2.45) is 0 Å². The summed E-state index contributed by atoms with van der Waals surface area (Å²) in [5.41, 5.74) is 0.464. The maximum absolute atomic E-state index is 11.4. The number of aliphatic hydroxyl groups is 2. The molecule has 1 heterocycles. The molecule has 1 aromatic rings. The highest BCUT2D eigenvalue weighted by molar-refractivity contribution is 5.89. The van der Waals surface area contributed by atoms with E-state index < -0.39 is 6.10 Å². The van der Waals surface area contributed by atoms with Gasteiger partial charge in [0.1, 0.15) is 18.5 Å². The van der Waals surface area contributed by atoms with Gasteiger partial charge in [0.15, 0.2) is 0 Å². The minimum atomic E-state index is -0.574. The van der Waals surface area contributed by atoms with E-state index in [0.717, 1.165) is 26.2 Å². The van der Waals surface area contributed by atoms with Crippen molar-refractivity contribution in [3.8, 4) is 5.75 Å². The van der Waals surface area contributed by atoms with Crippen LogP contribution in [-0.4, -0.2) is 91.7 Å². The van der Waals surface area contributed by atoms with Crippen LogP contribution in [0.5, 0.6) is 5.75 Å². The molecule has 0 radical (unpaired) electrons. The topological polar surface area (TPSA) is 82.5 Å². The van der Waals surface area contributed by atoms with Crippen molar-refractivity contribution >= 4 is 5.97 Å². The number of ether oxygens (including phenoxy) is 2. The Morgan fingerprint density at radius 2 is 1.79 bits per heavy atom. The normalized spacial score (nSPS) is 17.5. The smallest absolute Gasteiger partial charge is 0.337 e. The third kappa shape index (κ3) is 5.76. The van der Waals surface area contributed by atoms with Crippen molar-refractivity contribution in [1.82, 2.24) is 9.80 Å². The lowest BCUT2D eigenvalue weighted by Crippen LogP contribution is -2.49. The van der Waals surface area contributed by atoms with Gasteiger partial charge in [-0.2, -0.15) is 0 Å².